The average molecular weight is 178 g/mol. The maximum absolute atomic E-state index is 5.71. The van der Waals surface area contributed by atoms with Crippen LogP contribution in [0.2, 0.25) is 0 Å². The van der Waals surface area contributed by atoms with Gasteiger partial charge in [-0.3, -0.25) is 4.98 Å². The fraction of sp³-hybridized carbons (Fsp3) is 0.500. The Labute approximate surface area is 77.9 Å². The van der Waals surface area contributed by atoms with Gasteiger partial charge in [0, 0.05) is 18.7 Å². The van der Waals surface area contributed by atoms with E-state index in [-0.39, 0.29) is 0 Å². The van der Waals surface area contributed by atoms with Crippen LogP contribution in [0.3, 0.4) is 0 Å². The van der Waals surface area contributed by atoms with E-state index in [1.807, 2.05) is 12.1 Å². The molecule has 0 aliphatic carbocycles. The molecule has 0 aromatic carbocycles. The smallest absolute Gasteiger partial charge is 0.141 e. The van der Waals surface area contributed by atoms with Crippen molar-refractivity contribution < 1.29 is 4.74 Å². The summed E-state index contributed by atoms with van der Waals surface area (Å²) in [6, 6.07) is 3.85. The topological polar surface area (TPSA) is 48.1 Å². The molecule has 2 heterocycles. The lowest BCUT2D eigenvalue weighted by atomic mass is 9.89. The lowest BCUT2D eigenvalue weighted by Crippen LogP contribution is -2.29. The number of hydrogen-bond acceptors (Lipinski definition) is 3. The second-order valence-corrected chi connectivity index (χ2v) is 3.52. The SMILES string of the molecule is C[C@H]1COc2cccnc2[C@@H]1CN. The van der Waals surface area contributed by atoms with Crippen molar-refractivity contribution in [2.24, 2.45) is 11.7 Å². The third-order valence-electron chi connectivity index (χ3n) is 2.59. The summed E-state index contributed by atoms with van der Waals surface area (Å²) < 4.78 is 5.55. The number of aromatic nitrogens is 1. The fourth-order valence-electron chi connectivity index (χ4n) is 1.75. The van der Waals surface area contributed by atoms with Crippen molar-refractivity contribution >= 4 is 0 Å². The second-order valence-electron chi connectivity index (χ2n) is 3.52. The molecule has 2 rings (SSSR count). The molecule has 0 saturated heterocycles. The molecule has 0 saturated carbocycles. The highest BCUT2D eigenvalue weighted by atomic mass is 16.5. The van der Waals surface area contributed by atoms with Crippen molar-refractivity contribution in [3.05, 3.63) is 24.0 Å². The molecule has 0 radical (unpaired) electrons. The van der Waals surface area contributed by atoms with E-state index in [1.165, 1.54) is 0 Å². The van der Waals surface area contributed by atoms with Crippen LogP contribution in [0.5, 0.6) is 5.75 Å². The third kappa shape index (κ3) is 1.40. The van der Waals surface area contributed by atoms with Crippen molar-refractivity contribution in [3.63, 3.8) is 0 Å². The molecular formula is C10H14N2O. The van der Waals surface area contributed by atoms with Crippen LogP contribution in [0, 0.1) is 5.92 Å². The zero-order valence-electron chi connectivity index (χ0n) is 7.73. The summed E-state index contributed by atoms with van der Waals surface area (Å²) in [6.07, 6.45) is 1.79. The first-order valence-corrected chi connectivity index (χ1v) is 4.60. The molecule has 1 aliphatic rings. The molecule has 2 atom stereocenters. The van der Waals surface area contributed by atoms with Crippen LogP contribution in [-0.2, 0) is 0 Å². The van der Waals surface area contributed by atoms with E-state index in [4.69, 9.17) is 10.5 Å². The molecule has 70 valence electrons. The predicted octanol–water partition coefficient (Wildman–Crippen LogP) is 1.15. The number of hydrogen-bond donors (Lipinski definition) is 1. The molecule has 1 aromatic heterocycles. The zero-order valence-corrected chi connectivity index (χ0v) is 7.73. The minimum atomic E-state index is 0.352. The van der Waals surface area contributed by atoms with Crippen molar-refractivity contribution in [3.8, 4) is 5.75 Å². The van der Waals surface area contributed by atoms with E-state index in [1.54, 1.807) is 6.20 Å². The Balaban J connectivity index is 2.39. The quantitative estimate of drug-likeness (QED) is 0.701. The van der Waals surface area contributed by atoms with Gasteiger partial charge in [0.2, 0.25) is 0 Å². The monoisotopic (exact) mass is 178 g/mol. The van der Waals surface area contributed by atoms with Gasteiger partial charge in [0.1, 0.15) is 5.75 Å². The van der Waals surface area contributed by atoms with E-state index in [9.17, 15) is 0 Å². The van der Waals surface area contributed by atoms with Crippen LogP contribution in [-0.4, -0.2) is 18.1 Å². The number of nitrogens with two attached hydrogens (primary N) is 1. The van der Waals surface area contributed by atoms with Gasteiger partial charge in [0.15, 0.2) is 0 Å². The fourth-order valence-corrected chi connectivity index (χ4v) is 1.75. The second kappa shape index (κ2) is 3.34. The number of ether oxygens (including phenoxy) is 1. The van der Waals surface area contributed by atoms with Gasteiger partial charge < -0.3 is 10.5 Å². The largest absolute Gasteiger partial charge is 0.491 e. The molecule has 0 fully saturated rings. The Kier molecular flexibility index (Phi) is 2.19. The first kappa shape index (κ1) is 8.51. The summed E-state index contributed by atoms with van der Waals surface area (Å²) in [4.78, 5) is 4.32. The van der Waals surface area contributed by atoms with Crippen LogP contribution in [0.1, 0.15) is 18.5 Å². The van der Waals surface area contributed by atoms with E-state index in [0.29, 0.717) is 18.4 Å². The van der Waals surface area contributed by atoms with Gasteiger partial charge in [-0.15, -0.1) is 0 Å². The molecule has 3 heteroatoms. The normalized spacial score (nSPS) is 26.3. The maximum Gasteiger partial charge on any atom is 0.141 e. The molecular weight excluding hydrogens is 164 g/mol. The Hall–Kier alpha value is -1.09. The lowest BCUT2D eigenvalue weighted by molar-refractivity contribution is 0.203. The van der Waals surface area contributed by atoms with Crippen LogP contribution in [0.25, 0.3) is 0 Å². The van der Waals surface area contributed by atoms with E-state index in [2.05, 4.69) is 11.9 Å². The Bertz CT molecular complexity index is 301. The Morgan fingerprint density at radius 1 is 1.69 bits per heavy atom. The average Bonchev–Trinajstić information content (AvgIpc) is 2.18. The number of fused-ring (bicyclic) bond motifs is 1. The summed E-state index contributed by atoms with van der Waals surface area (Å²) in [5.41, 5.74) is 6.73. The van der Waals surface area contributed by atoms with Gasteiger partial charge in [0.05, 0.1) is 12.3 Å². The summed E-state index contributed by atoms with van der Waals surface area (Å²) in [5, 5.41) is 0. The van der Waals surface area contributed by atoms with E-state index >= 15 is 0 Å². The molecule has 0 unspecified atom stereocenters. The van der Waals surface area contributed by atoms with Gasteiger partial charge in [0.25, 0.3) is 0 Å². The Morgan fingerprint density at radius 2 is 2.54 bits per heavy atom. The molecule has 3 nitrogen and oxygen atoms in total. The Morgan fingerprint density at radius 3 is 3.31 bits per heavy atom. The highest BCUT2D eigenvalue weighted by molar-refractivity contribution is 5.32. The van der Waals surface area contributed by atoms with Crippen LogP contribution in [0.4, 0.5) is 0 Å². The first-order valence-electron chi connectivity index (χ1n) is 4.60. The van der Waals surface area contributed by atoms with Gasteiger partial charge >= 0.3 is 0 Å². The highest BCUT2D eigenvalue weighted by Gasteiger charge is 2.27. The van der Waals surface area contributed by atoms with Gasteiger partial charge in [-0.2, -0.15) is 0 Å². The standard InChI is InChI=1S/C10H14N2O/c1-7-6-13-9-3-2-4-12-10(9)8(7)5-11/h2-4,7-8H,5-6,11H2,1H3/t7-,8+/m0/s1. The lowest BCUT2D eigenvalue weighted by Gasteiger charge is -2.29. The van der Waals surface area contributed by atoms with Gasteiger partial charge in [-0.25, -0.2) is 0 Å². The van der Waals surface area contributed by atoms with Gasteiger partial charge in [-0.1, -0.05) is 6.92 Å². The molecule has 2 N–H and O–H groups in total. The van der Waals surface area contributed by atoms with E-state index in [0.717, 1.165) is 18.1 Å². The first-order chi connectivity index (χ1) is 6.33. The van der Waals surface area contributed by atoms with Crippen molar-refractivity contribution in [1.29, 1.82) is 0 Å². The minimum absolute atomic E-state index is 0.352. The number of pyridine rings is 1. The predicted molar refractivity (Wildman–Crippen MR) is 50.7 cm³/mol. The van der Waals surface area contributed by atoms with Crippen molar-refractivity contribution in [2.75, 3.05) is 13.2 Å². The molecule has 1 aromatic rings. The molecule has 0 spiro atoms. The van der Waals surface area contributed by atoms with Crippen LogP contribution >= 0.6 is 0 Å². The van der Waals surface area contributed by atoms with Crippen molar-refractivity contribution in [1.82, 2.24) is 4.98 Å². The van der Waals surface area contributed by atoms with Gasteiger partial charge in [-0.05, 0) is 18.1 Å². The summed E-state index contributed by atoms with van der Waals surface area (Å²) in [7, 11) is 0. The highest BCUT2D eigenvalue weighted by Crippen LogP contribution is 2.33. The van der Waals surface area contributed by atoms with E-state index < -0.39 is 0 Å². The molecule has 1 aliphatic heterocycles. The summed E-state index contributed by atoms with van der Waals surface area (Å²) in [5.74, 6) is 1.72. The van der Waals surface area contributed by atoms with Crippen LogP contribution in [0.15, 0.2) is 18.3 Å². The molecule has 0 amide bonds. The van der Waals surface area contributed by atoms with Crippen molar-refractivity contribution in [2.45, 2.75) is 12.8 Å². The molecule has 0 bridgehead atoms. The van der Waals surface area contributed by atoms with Crippen LogP contribution < -0.4 is 10.5 Å². The summed E-state index contributed by atoms with van der Waals surface area (Å²) in [6.45, 7) is 3.55. The zero-order chi connectivity index (χ0) is 9.26. The number of rotatable bonds is 1. The minimum Gasteiger partial charge on any atom is -0.491 e. The molecule has 13 heavy (non-hydrogen) atoms. The number of nitrogens with zero attached hydrogens (tertiary/aromatic N) is 1. The summed E-state index contributed by atoms with van der Waals surface area (Å²) >= 11 is 0. The maximum atomic E-state index is 5.71. The third-order valence-corrected chi connectivity index (χ3v) is 2.59.